The van der Waals surface area contributed by atoms with Crippen molar-refractivity contribution in [3.05, 3.63) is 0 Å². The maximum Gasteiger partial charge on any atom is 0.234 e. The van der Waals surface area contributed by atoms with E-state index in [1.807, 2.05) is 0 Å². The van der Waals surface area contributed by atoms with Gasteiger partial charge in [0.1, 0.15) is 0 Å². The van der Waals surface area contributed by atoms with Crippen LogP contribution in [0.15, 0.2) is 0 Å². The lowest BCUT2D eigenvalue weighted by atomic mass is 10.2. The molecule has 2 fully saturated rings. The second-order valence-corrected chi connectivity index (χ2v) is 4.82. The monoisotopic (exact) mass is 261 g/mol. The Labute approximate surface area is 108 Å². The highest BCUT2D eigenvalue weighted by Crippen LogP contribution is 2.27. The van der Waals surface area contributed by atoms with Crippen molar-refractivity contribution in [1.82, 2.24) is 15.5 Å². The first-order valence-corrected chi connectivity index (χ1v) is 5.89. The SMILES string of the molecule is CN1CC(NC(=O)CNCC2CC2)CC1=O.Cl. The summed E-state index contributed by atoms with van der Waals surface area (Å²) in [7, 11) is 1.76. The van der Waals surface area contributed by atoms with Crippen LogP contribution in [0.1, 0.15) is 19.3 Å². The molecule has 1 aliphatic carbocycles. The maximum absolute atomic E-state index is 11.5. The number of carbonyl (C=O) groups is 2. The average molecular weight is 262 g/mol. The number of likely N-dealkylation sites (tertiary alicyclic amines) is 1. The molecule has 0 aromatic heterocycles. The number of halogens is 1. The van der Waals surface area contributed by atoms with E-state index in [0.29, 0.717) is 19.5 Å². The number of carbonyl (C=O) groups excluding carboxylic acids is 2. The van der Waals surface area contributed by atoms with Crippen LogP contribution in [-0.2, 0) is 9.59 Å². The van der Waals surface area contributed by atoms with Gasteiger partial charge in [-0.1, -0.05) is 0 Å². The zero-order chi connectivity index (χ0) is 11.5. The fraction of sp³-hybridized carbons (Fsp3) is 0.818. The highest BCUT2D eigenvalue weighted by molar-refractivity contribution is 5.85. The first kappa shape index (κ1) is 14.3. The fourth-order valence-corrected chi connectivity index (χ4v) is 1.95. The normalized spacial score (nSPS) is 23.5. The molecule has 0 aromatic rings. The number of amides is 2. The van der Waals surface area contributed by atoms with Gasteiger partial charge in [0.05, 0.1) is 12.6 Å². The lowest BCUT2D eigenvalue weighted by molar-refractivity contribution is -0.126. The number of nitrogens with one attached hydrogen (secondary N) is 2. The van der Waals surface area contributed by atoms with Crippen molar-refractivity contribution >= 4 is 24.2 Å². The van der Waals surface area contributed by atoms with Crippen LogP contribution >= 0.6 is 12.4 Å². The molecule has 0 radical (unpaired) electrons. The van der Waals surface area contributed by atoms with E-state index in [0.717, 1.165) is 12.5 Å². The molecular weight excluding hydrogens is 242 g/mol. The van der Waals surface area contributed by atoms with E-state index in [-0.39, 0.29) is 30.3 Å². The Morgan fingerprint density at radius 1 is 1.47 bits per heavy atom. The molecule has 17 heavy (non-hydrogen) atoms. The molecule has 0 bridgehead atoms. The van der Waals surface area contributed by atoms with Crippen LogP contribution < -0.4 is 10.6 Å². The molecule has 1 unspecified atom stereocenters. The second-order valence-electron chi connectivity index (χ2n) is 4.82. The van der Waals surface area contributed by atoms with Crippen molar-refractivity contribution in [3.63, 3.8) is 0 Å². The fourth-order valence-electron chi connectivity index (χ4n) is 1.95. The van der Waals surface area contributed by atoms with Gasteiger partial charge in [-0.15, -0.1) is 12.4 Å². The van der Waals surface area contributed by atoms with Gasteiger partial charge < -0.3 is 15.5 Å². The molecule has 5 nitrogen and oxygen atoms in total. The van der Waals surface area contributed by atoms with Gasteiger partial charge in [0.25, 0.3) is 0 Å². The predicted octanol–water partition coefficient (Wildman–Crippen LogP) is -0.245. The van der Waals surface area contributed by atoms with Crippen LogP contribution in [-0.4, -0.2) is 49.4 Å². The largest absolute Gasteiger partial charge is 0.350 e. The molecule has 6 heteroatoms. The minimum Gasteiger partial charge on any atom is -0.350 e. The van der Waals surface area contributed by atoms with E-state index < -0.39 is 0 Å². The van der Waals surface area contributed by atoms with Crippen LogP contribution in [0.4, 0.5) is 0 Å². The summed E-state index contributed by atoms with van der Waals surface area (Å²) in [6.45, 7) is 1.94. The molecule has 2 aliphatic rings. The van der Waals surface area contributed by atoms with Crippen LogP contribution in [0.5, 0.6) is 0 Å². The molecule has 2 amide bonds. The number of hydrogen-bond donors (Lipinski definition) is 2. The van der Waals surface area contributed by atoms with Gasteiger partial charge >= 0.3 is 0 Å². The summed E-state index contributed by atoms with van der Waals surface area (Å²) in [5.74, 6) is 0.886. The van der Waals surface area contributed by atoms with Crippen LogP contribution in [0.25, 0.3) is 0 Å². The first-order chi connectivity index (χ1) is 7.65. The summed E-state index contributed by atoms with van der Waals surface area (Å²) in [6, 6.07) is -0.00674. The molecule has 2 rings (SSSR count). The van der Waals surface area contributed by atoms with E-state index >= 15 is 0 Å². The van der Waals surface area contributed by atoms with Crippen molar-refractivity contribution in [2.45, 2.75) is 25.3 Å². The predicted molar refractivity (Wildman–Crippen MR) is 67.0 cm³/mol. The topological polar surface area (TPSA) is 61.4 Å². The third-order valence-corrected chi connectivity index (χ3v) is 3.12. The molecule has 1 aliphatic heterocycles. The van der Waals surface area contributed by atoms with Crippen molar-refractivity contribution in [2.24, 2.45) is 5.92 Å². The summed E-state index contributed by atoms with van der Waals surface area (Å²) in [6.07, 6.45) is 3.01. The van der Waals surface area contributed by atoms with E-state index in [1.165, 1.54) is 12.8 Å². The molecular formula is C11H20ClN3O2. The van der Waals surface area contributed by atoms with Gasteiger partial charge in [0, 0.05) is 20.0 Å². The molecule has 1 heterocycles. The third kappa shape index (κ3) is 4.52. The van der Waals surface area contributed by atoms with Gasteiger partial charge in [-0.2, -0.15) is 0 Å². The standard InChI is InChI=1S/C11H19N3O2.ClH/c1-14-7-9(4-11(14)16)13-10(15)6-12-5-8-2-3-8;/h8-9,12H,2-7H2,1H3,(H,13,15);1H. The highest BCUT2D eigenvalue weighted by Gasteiger charge is 2.27. The van der Waals surface area contributed by atoms with Crippen molar-refractivity contribution < 1.29 is 9.59 Å². The van der Waals surface area contributed by atoms with Gasteiger partial charge in [-0.3, -0.25) is 9.59 Å². The molecule has 0 spiro atoms. The number of nitrogens with zero attached hydrogens (tertiary/aromatic N) is 1. The van der Waals surface area contributed by atoms with Crippen LogP contribution in [0.3, 0.4) is 0 Å². The summed E-state index contributed by atoms with van der Waals surface area (Å²) in [4.78, 5) is 24.4. The first-order valence-electron chi connectivity index (χ1n) is 5.89. The van der Waals surface area contributed by atoms with Crippen molar-refractivity contribution in [3.8, 4) is 0 Å². The second kappa shape index (κ2) is 6.21. The minimum absolute atomic E-state index is 0. The van der Waals surface area contributed by atoms with Gasteiger partial charge in [-0.05, 0) is 25.3 Å². The molecule has 1 saturated heterocycles. The van der Waals surface area contributed by atoms with E-state index in [4.69, 9.17) is 0 Å². The highest BCUT2D eigenvalue weighted by atomic mass is 35.5. The Bertz CT molecular complexity index is 294. The lowest BCUT2D eigenvalue weighted by Crippen LogP contribution is -2.41. The Balaban J connectivity index is 0.00000144. The number of likely N-dealkylation sites (N-methyl/N-ethyl adjacent to an activating group) is 1. The Morgan fingerprint density at radius 3 is 2.71 bits per heavy atom. The van der Waals surface area contributed by atoms with Crippen LogP contribution in [0, 0.1) is 5.92 Å². The van der Waals surface area contributed by atoms with Gasteiger partial charge in [0.15, 0.2) is 0 Å². The summed E-state index contributed by atoms with van der Waals surface area (Å²) < 4.78 is 0. The zero-order valence-corrected chi connectivity index (χ0v) is 10.9. The minimum atomic E-state index is -0.00674. The molecule has 1 atom stereocenters. The number of hydrogen-bond acceptors (Lipinski definition) is 3. The quantitative estimate of drug-likeness (QED) is 0.718. The zero-order valence-electron chi connectivity index (χ0n) is 10.1. The molecule has 98 valence electrons. The van der Waals surface area contributed by atoms with E-state index in [9.17, 15) is 9.59 Å². The maximum atomic E-state index is 11.5. The van der Waals surface area contributed by atoms with Gasteiger partial charge in [0.2, 0.25) is 11.8 Å². The lowest BCUT2D eigenvalue weighted by Gasteiger charge is -2.12. The van der Waals surface area contributed by atoms with E-state index in [1.54, 1.807) is 11.9 Å². The Kier molecular flexibility index (Phi) is 5.21. The van der Waals surface area contributed by atoms with Crippen LogP contribution in [0.2, 0.25) is 0 Å². The average Bonchev–Trinajstić information content (AvgIpc) is 2.96. The summed E-state index contributed by atoms with van der Waals surface area (Å²) in [5.41, 5.74) is 0. The van der Waals surface area contributed by atoms with Crippen molar-refractivity contribution in [1.29, 1.82) is 0 Å². The third-order valence-electron chi connectivity index (χ3n) is 3.12. The number of rotatable bonds is 5. The van der Waals surface area contributed by atoms with Crippen molar-refractivity contribution in [2.75, 3.05) is 26.7 Å². The Hall–Kier alpha value is -0.810. The van der Waals surface area contributed by atoms with Gasteiger partial charge in [-0.25, -0.2) is 0 Å². The molecule has 0 aromatic carbocycles. The smallest absolute Gasteiger partial charge is 0.234 e. The summed E-state index contributed by atoms with van der Waals surface area (Å²) >= 11 is 0. The molecule has 2 N–H and O–H groups in total. The summed E-state index contributed by atoms with van der Waals surface area (Å²) in [5, 5.41) is 6.00. The Morgan fingerprint density at radius 2 is 2.18 bits per heavy atom. The molecule has 1 saturated carbocycles. The van der Waals surface area contributed by atoms with E-state index in [2.05, 4.69) is 10.6 Å².